The lowest BCUT2D eigenvalue weighted by molar-refractivity contribution is 0.101. The molecule has 0 fully saturated rings. The van der Waals surface area contributed by atoms with Crippen molar-refractivity contribution < 1.29 is 9.50 Å². The molecule has 1 aromatic heterocycles. The van der Waals surface area contributed by atoms with Crippen LogP contribution >= 0.6 is 0 Å². The third kappa shape index (κ3) is 2.19. The van der Waals surface area contributed by atoms with Crippen LogP contribution in [0.15, 0.2) is 42.7 Å². The highest BCUT2D eigenvalue weighted by molar-refractivity contribution is 5.38. The van der Waals surface area contributed by atoms with Crippen molar-refractivity contribution in [3.63, 3.8) is 0 Å². The van der Waals surface area contributed by atoms with Crippen LogP contribution in [0.25, 0.3) is 0 Å². The zero-order valence-electron chi connectivity index (χ0n) is 9.81. The van der Waals surface area contributed by atoms with Gasteiger partial charge in [0.05, 0.1) is 0 Å². The molecule has 0 aliphatic heterocycles. The number of nitrogens with zero attached hydrogens (tertiary/aromatic N) is 1. The number of rotatable bonds is 2. The topological polar surface area (TPSA) is 33.1 Å². The summed E-state index contributed by atoms with van der Waals surface area (Å²) in [6, 6.07) is 7.94. The Hall–Kier alpha value is -1.74. The minimum Gasteiger partial charge on any atom is -0.381 e. The third-order valence-corrected chi connectivity index (χ3v) is 2.95. The molecule has 0 amide bonds. The van der Waals surface area contributed by atoms with Crippen molar-refractivity contribution in [2.75, 3.05) is 0 Å². The number of hydrogen-bond donors (Lipinski definition) is 1. The van der Waals surface area contributed by atoms with Crippen LogP contribution in [0, 0.1) is 12.7 Å². The molecule has 3 heteroatoms. The molecule has 1 atom stereocenters. The normalized spacial score (nSPS) is 14.4. The average Bonchev–Trinajstić information content (AvgIpc) is 2.33. The molecule has 1 unspecified atom stereocenters. The molecular weight excluding hydrogens is 217 g/mol. The van der Waals surface area contributed by atoms with E-state index in [0.29, 0.717) is 11.1 Å². The maximum Gasteiger partial charge on any atom is 0.123 e. The standard InChI is InChI=1S/C14H14FNO/c1-10-5-6-12(15)8-13(10)14(2,17)11-4-3-7-16-9-11/h3-9,17H,1-2H3. The molecule has 0 saturated carbocycles. The summed E-state index contributed by atoms with van der Waals surface area (Å²) in [4.78, 5) is 3.97. The first-order valence-electron chi connectivity index (χ1n) is 5.41. The number of aryl methyl sites for hydroxylation is 1. The van der Waals surface area contributed by atoms with E-state index in [4.69, 9.17) is 0 Å². The highest BCUT2D eigenvalue weighted by Gasteiger charge is 2.27. The lowest BCUT2D eigenvalue weighted by Gasteiger charge is -2.25. The molecule has 0 radical (unpaired) electrons. The molecule has 2 aromatic rings. The Morgan fingerprint density at radius 1 is 1.29 bits per heavy atom. The van der Waals surface area contributed by atoms with Crippen LogP contribution in [0.1, 0.15) is 23.6 Å². The van der Waals surface area contributed by atoms with E-state index in [1.807, 2.05) is 6.92 Å². The molecular formula is C14H14FNO. The molecule has 0 spiro atoms. The second kappa shape index (κ2) is 4.26. The second-order valence-electron chi connectivity index (χ2n) is 4.27. The fraction of sp³-hybridized carbons (Fsp3) is 0.214. The predicted molar refractivity (Wildman–Crippen MR) is 64.0 cm³/mol. The summed E-state index contributed by atoms with van der Waals surface area (Å²) >= 11 is 0. The number of benzene rings is 1. The first-order chi connectivity index (χ1) is 8.01. The Labute approximate surface area is 99.8 Å². The summed E-state index contributed by atoms with van der Waals surface area (Å²) < 4.78 is 13.3. The van der Waals surface area contributed by atoms with Gasteiger partial charge < -0.3 is 5.11 Å². The summed E-state index contributed by atoms with van der Waals surface area (Å²) in [5.41, 5.74) is 0.819. The minimum absolute atomic E-state index is 0.352. The monoisotopic (exact) mass is 231 g/mol. The summed E-state index contributed by atoms with van der Waals surface area (Å²) in [5.74, 6) is -0.352. The van der Waals surface area contributed by atoms with Crippen LogP contribution < -0.4 is 0 Å². The van der Waals surface area contributed by atoms with E-state index in [-0.39, 0.29) is 5.82 Å². The molecule has 0 aliphatic rings. The number of aromatic nitrogens is 1. The highest BCUT2D eigenvalue weighted by Crippen LogP contribution is 2.31. The summed E-state index contributed by atoms with van der Waals surface area (Å²) in [7, 11) is 0. The van der Waals surface area contributed by atoms with Crippen LogP contribution in [0.5, 0.6) is 0 Å². The van der Waals surface area contributed by atoms with Crippen molar-refractivity contribution in [2.45, 2.75) is 19.4 Å². The maximum absolute atomic E-state index is 13.3. The summed E-state index contributed by atoms with van der Waals surface area (Å²) in [6.07, 6.45) is 3.22. The highest BCUT2D eigenvalue weighted by atomic mass is 19.1. The fourth-order valence-corrected chi connectivity index (χ4v) is 1.92. The van der Waals surface area contributed by atoms with Crippen molar-refractivity contribution in [3.05, 3.63) is 65.2 Å². The third-order valence-electron chi connectivity index (χ3n) is 2.95. The van der Waals surface area contributed by atoms with Gasteiger partial charge in [0.1, 0.15) is 11.4 Å². The van der Waals surface area contributed by atoms with Gasteiger partial charge in [-0.2, -0.15) is 0 Å². The molecule has 1 aromatic carbocycles. The van der Waals surface area contributed by atoms with Crippen molar-refractivity contribution >= 4 is 0 Å². The average molecular weight is 231 g/mol. The lowest BCUT2D eigenvalue weighted by Crippen LogP contribution is -2.24. The zero-order valence-corrected chi connectivity index (χ0v) is 9.81. The van der Waals surface area contributed by atoms with Gasteiger partial charge in [-0.15, -0.1) is 0 Å². The van der Waals surface area contributed by atoms with Gasteiger partial charge in [-0.1, -0.05) is 12.1 Å². The molecule has 0 saturated heterocycles. The van der Waals surface area contributed by atoms with E-state index < -0.39 is 5.60 Å². The predicted octanol–water partition coefficient (Wildman–Crippen LogP) is 2.78. The van der Waals surface area contributed by atoms with Crippen LogP contribution in [0.3, 0.4) is 0 Å². The smallest absolute Gasteiger partial charge is 0.123 e. The first-order valence-corrected chi connectivity index (χ1v) is 5.41. The van der Waals surface area contributed by atoms with Crippen LogP contribution in [-0.4, -0.2) is 10.1 Å². The molecule has 17 heavy (non-hydrogen) atoms. The number of pyridine rings is 1. The van der Waals surface area contributed by atoms with E-state index >= 15 is 0 Å². The quantitative estimate of drug-likeness (QED) is 0.862. The van der Waals surface area contributed by atoms with E-state index in [2.05, 4.69) is 4.98 Å². The first kappa shape index (κ1) is 11.7. The zero-order chi connectivity index (χ0) is 12.5. The van der Waals surface area contributed by atoms with Crippen LogP contribution in [-0.2, 0) is 5.60 Å². The van der Waals surface area contributed by atoms with E-state index in [1.165, 1.54) is 12.1 Å². The van der Waals surface area contributed by atoms with Gasteiger partial charge in [0.25, 0.3) is 0 Å². The largest absolute Gasteiger partial charge is 0.381 e. The van der Waals surface area contributed by atoms with Gasteiger partial charge >= 0.3 is 0 Å². The van der Waals surface area contributed by atoms with Crippen molar-refractivity contribution in [1.29, 1.82) is 0 Å². The van der Waals surface area contributed by atoms with E-state index in [0.717, 1.165) is 5.56 Å². The van der Waals surface area contributed by atoms with Gasteiger partial charge in [-0.05, 0) is 43.2 Å². The Balaban J connectivity index is 2.55. The van der Waals surface area contributed by atoms with E-state index in [9.17, 15) is 9.50 Å². The SMILES string of the molecule is Cc1ccc(F)cc1C(C)(O)c1cccnc1. The van der Waals surface area contributed by atoms with Gasteiger partial charge in [-0.25, -0.2) is 4.39 Å². The number of aliphatic hydroxyl groups is 1. The van der Waals surface area contributed by atoms with Gasteiger partial charge in [0, 0.05) is 18.0 Å². The summed E-state index contributed by atoms with van der Waals surface area (Å²) in [6.45, 7) is 3.49. The second-order valence-corrected chi connectivity index (χ2v) is 4.27. The maximum atomic E-state index is 13.3. The Kier molecular flexibility index (Phi) is 2.94. The molecule has 2 rings (SSSR count). The Morgan fingerprint density at radius 2 is 2.06 bits per heavy atom. The Morgan fingerprint density at radius 3 is 2.71 bits per heavy atom. The minimum atomic E-state index is -1.24. The number of hydrogen-bond acceptors (Lipinski definition) is 2. The van der Waals surface area contributed by atoms with Gasteiger partial charge in [-0.3, -0.25) is 4.98 Å². The fourth-order valence-electron chi connectivity index (χ4n) is 1.92. The van der Waals surface area contributed by atoms with Gasteiger partial charge in [0.15, 0.2) is 0 Å². The van der Waals surface area contributed by atoms with Gasteiger partial charge in [0.2, 0.25) is 0 Å². The molecule has 1 heterocycles. The summed E-state index contributed by atoms with van der Waals surface area (Å²) in [5, 5.41) is 10.6. The van der Waals surface area contributed by atoms with Crippen LogP contribution in [0.4, 0.5) is 4.39 Å². The lowest BCUT2D eigenvalue weighted by atomic mass is 9.86. The molecule has 0 bridgehead atoms. The van der Waals surface area contributed by atoms with Crippen molar-refractivity contribution in [3.8, 4) is 0 Å². The van der Waals surface area contributed by atoms with E-state index in [1.54, 1.807) is 37.5 Å². The molecule has 2 nitrogen and oxygen atoms in total. The van der Waals surface area contributed by atoms with Crippen LogP contribution in [0.2, 0.25) is 0 Å². The Bertz CT molecular complexity index is 523. The molecule has 1 N–H and O–H groups in total. The van der Waals surface area contributed by atoms with Crippen molar-refractivity contribution in [2.24, 2.45) is 0 Å². The number of halogens is 1. The molecule has 0 aliphatic carbocycles. The molecule has 88 valence electrons. The van der Waals surface area contributed by atoms with Crippen molar-refractivity contribution in [1.82, 2.24) is 4.98 Å².